The number of hydrogen-bond donors (Lipinski definition) is 1. The number of nitrogens with zero attached hydrogens (tertiary/aromatic N) is 2. The average Bonchev–Trinajstić information content (AvgIpc) is 2.90. The van der Waals surface area contributed by atoms with Crippen molar-refractivity contribution in [1.82, 2.24) is 4.90 Å². The Balaban J connectivity index is 1.40. The topological polar surface area (TPSA) is 54.0 Å². The highest BCUT2D eigenvalue weighted by Crippen LogP contribution is 2.37. The Kier molecular flexibility index (Phi) is 8.84. The fourth-order valence-corrected chi connectivity index (χ4v) is 4.63. The Morgan fingerprint density at radius 1 is 1.03 bits per heavy atom. The highest BCUT2D eigenvalue weighted by molar-refractivity contribution is 7.80. The van der Waals surface area contributed by atoms with Crippen molar-refractivity contribution >= 4 is 46.1 Å². The van der Waals surface area contributed by atoms with E-state index in [1.54, 1.807) is 24.3 Å². The van der Waals surface area contributed by atoms with E-state index in [0.29, 0.717) is 33.8 Å². The summed E-state index contributed by atoms with van der Waals surface area (Å²) in [6, 6.07) is 17.6. The lowest BCUT2D eigenvalue weighted by molar-refractivity contribution is -0.118. The molecule has 0 radical (unpaired) electrons. The number of ether oxygens (including phenoxy) is 2. The number of amides is 1. The summed E-state index contributed by atoms with van der Waals surface area (Å²) in [7, 11) is 0. The molecule has 37 heavy (non-hydrogen) atoms. The molecule has 6 nitrogen and oxygen atoms in total. The van der Waals surface area contributed by atoms with E-state index in [9.17, 15) is 9.18 Å². The van der Waals surface area contributed by atoms with E-state index in [-0.39, 0.29) is 18.3 Å². The van der Waals surface area contributed by atoms with Crippen LogP contribution < -0.4 is 19.7 Å². The Morgan fingerprint density at radius 3 is 2.35 bits per heavy atom. The quantitative estimate of drug-likeness (QED) is 0.369. The standard InChI is InChI=1S/C28H29ClFN3O3S/c1-3-35-25-17-20(28(37)33-14-12-32(13-15-33)23-10-6-21(30)7-11-23)16-24(29)27(25)36-18-26(34)31-22-8-4-19(2)5-9-22/h4-11,16-17H,3,12-15,18H2,1-2H3,(H,31,34). The van der Waals surface area contributed by atoms with Crippen LogP contribution in [0.5, 0.6) is 11.5 Å². The molecule has 0 bridgehead atoms. The van der Waals surface area contributed by atoms with Gasteiger partial charge in [-0.1, -0.05) is 41.5 Å². The van der Waals surface area contributed by atoms with E-state index in [1.807, 2.05) is 38.1 Å². The molecule has 1 fully saturated rings. The van der Waals surface area contributed by atoms with Crippen molar-refractivity contribution in [2.45, 2.75) is 13.8 Å². The summed E-state index contributed by atoms with van der Waals surface area (Å²) < 4.78 is 24.8. The number of carbonyl (C=O) groups excluding carboxylic acids is 1. The number of halogens is 2. The van der Waals surface area contributed by atoms with Crippen LogP contribution in [0, 0.1) is 12.7 Å². The average molecular weight is 542 g/mol. The van der Waals surface area contributed by atoms with Gasteiger partial charge in [0.2, 0.25) is 0 Å². The van der Waals surface area contributed by atoms with Crippen molar-refractivity contribution < 1.29 is 18.7 Å². The van der Waals surface area contributed by atoms with Crippen molar-refractivity contribution in [1.29, 1.82) is 0 Å². The highest BCUT2D eigenvalue weighted by Gasteiger charge is 2.23. The Morgan fingerprint density at radius 2 is 1.70 bits per heavy atom. The number of piperazine rings is 1. The minimum absolute atomic E-state index is 0.219. The number of carbonyl (C=O) groups is 1. The van der Waals surface area contributed by atoms with Crippen LogP contribution in [-0.2, 0) is 4.79 Å². The van der Waals surface area contributed by atoms with E-state index < -0.39 is 0 Å². The molecule has 1 saturated heterocycles. The first-order valence-electron chi connectivity index (χ1n) is 12.1. The van der Waals surface area contributed by atoms with Gasteiger partial charge in [0.1, 0.15) is 10.8 Å². The molecule has 1 aliphatic rings. The Bertz CT molecular complexity index is 1250. The zero-order valence-electron chi connectivity index (χ0n) is 20.8. The summed E-state index contributed by atoms with van der Waals surface area (Å²) >= 11 is 12.4. The normalized spacial score (nSPS) is 13.3. The molecule has 3 aromatic rings. The molecule has 0 atom stereocenters. The van der Waals surface area contributed by atoms with Crippen LogP contribution in [0.15, 0.2) is 60.7 Å². The number of nitrogens with one attached hydrogen (secondary N) is 1. The Hall–Kier alpha value is -3.36. The second-order valence-corrected chi connectivity index (χ2v) is 9.47. The molecule has 1 aliphatic heterocycles. The van der Waals surface area contributed by atoms with Crippen molar-refractivity contribution in [3.63, 3.8) is 0 Å². The maximum Gasteiger partial charge on any atom is 0.262 e. The molecule has 0 aliphatic carbocycles. The van der Waals surface area contributed by atoms with Crippen LogP contribution in [0.1, 0.15) is 18.1 Å². The van der Waals surface area contributed by atoms with Crippen LogP contribution in [0.3, 0.4) is 0 Å². The van der Waals surface area contributed by atoms with Gasteiger partial charge in [0.25, 0.3) is 5.91 Å². The molecule has 0 aromatic heterocycles. The van der Waals surface area contributed by atoms with Gasteiger partial charge in [-0.25, -0.2) is 4.39 Å². The molecule has 1 heterocycles. The summed E-state index contributed by atoms with van der Waals surface area (Å²) in [6.45, 7) is 6.98. The summed E-state index contributed by atoms with van der Waals surface area (Å²) in [5.41, 5.74) is 3.53. The predicted octanol–water partition coefficient (Wildman–Crippen LogP) is 5.70. The maximum atomic E-state index is 13.3. The number of hydrogen-bond acceptors (Lipinski definition) is 5. The molecule has 194 valence electrons. The molecule has 0 spiro atoms. The second kappa shape index (κ2) is 12.3. The Labute approximate surface area is 226 Å². The lowest BCUT2D eigenvalue weighted by atomic mass is 10.1. The molecule has 1 N–H and O–H groups in total. The number of aryl methyl sites for hydroxylation is 1. The minimum atomic E-state index is -0.305. The van der Waals surface area contributed by atoms with Gasteiger partial charge in [-0.15, -0.1) is 0 Å². The smallest absolute Gasteiger partial charge is 0.262 e. The van der Waals surface area contributed by atoms with E-state index >= 15 is 0 Å². The number of thiocarbonyl (C=S) groups is 1. The summed E-state index contributed by atoms with van der Waals surface area (Å²) in [5, 5.41) is 3.12. The third-order valence-electron chi connectivity index (χ3n) is 6.00. The fourth-order valence-electron chi connectivity index (χ4n) is 4.07. The number of benzene rings is 3. The third-order valence-corrected chi connectivity index (χ3v) is 6.77. The predicted molar refractivity (Wildman–Crippen MR) is 150 cm³/mol. The molecule has 0 unspecified atom stereocenters. The number of anilines is 2. The first-order valence-corrected chi connectivity index (χ1v) is 12.9. The van der Waals surface area contributed by atoms with E-state index in [2.05, 4.69) is 15.1 Å². The highest BCUT2D eigenvalue weighted by atomic mass is 35.5. The third kappa shape index (κ3) is 6.90. The number of rotatable bonds is 8. The lowest BCUT2D eigenvalue weighted by Gasteiger charge is -2.37. The molecule has 3 aromatic carbocycles. The fraction of sp³-hybridized carbons (Fsp3) is 0.286. The lowest BCUT2D eigenvalue weighted by Crippen LogP contribution is -2.48. The van der Waals surface area contributed by atoms with E-state index in [1.165, 1.54) is 12.1 Å². The van der Waals surface area contributed by atoms with Crippen molar-refractivity contribution in [3.8, 4) is 11.5 Å². The van der Waals surface area contributed by atoms with Crippen molar-refractivity contribution in [2.75, 3.05) is 49.6 Å². The summed E-state index contributed by atoms with van der Waals surface area (Å²) in [4.78, 5) is 17.4. The van der Waals surface area contributed by atoms with Gasteiger partial charge in [-0.05, 0) is 62.4 Å². The van der Waals surface area contributed by atoms with E-state index in [4.69, 9.17) is 33.3 Å². The van der Waals surface area contributed by atoms with Crippen LogP contribution in [0.2, 0.25) is 5.02 Å². The zero-order chi connectivity index (χ0) is 26.4. The molecule has 1 amide bonds. The summed E-state index contributed by atoms with van der Waals surface area (Å²) in [6.07, 6.45) is 0. The van der Waals surface area contributed by atoms with E-state index in [0.717, 1.165) is 43.0 Å². The van der Waals surface area contributed by atoms with Gasteiger partial charge in [0.05, 0.1) is 11.6 Å². The maximum absolute atomic E-state index is 13.3. The minimum Gasteiger partial charge on any atom is -0.490 e. The largest absolute Gasteiger partial charge is 0.490 e. The first kappa shape index (κ1) is 26.7. The van der Waals surface area contributed by atoms with Crippen LogP contribution in [0.25, 0.3) is 0 Å². The SMILES string of the molecule is CCOc1cc(C(=S)N2CCN(c3ccc(F)cc3)CC2)cc(Cl)c1OCC(=O)Nc1ccc(C)cc1. The van der Waals surface area contributed by atoms with Crippen molar-refractivity contribution in [3.05, 3.63) is 82.6 Å². The molecule has 0 saturated carbocycles. The molecule has 9 heteroatoms. The van der Waals surface area contributed by atoms with Crippen molar-refractivity contribution in [2.24, 2.45) is 0 Å². The van der Waals surface area contributed by atoms with Gasteiger partial charge in [-0.2, -0.15) is 0 Å². The monoisotopic (exact) mass is 541 g/mol. The van der Waals surface area contributed by atoms with Crippen LogP contribution in [0.4, 0.5) is 15.8 Å². The second-order valence-electron chi connectivity index (χ2n) is 8.68. The van der Waals surface area contributed by atoms with Gasteiger partial charge < -0.3 is 24.6 Å². The zero-order valence-corrected chi connectivity index (χ0v) is 22.4. The van der Waals surface area contributed by atoms with Gasteiger partial charge >= 0.3 is 0 Å². The van der Waals surface area contributed by atoms with Gasteiger partial charge in [-0.3, -0.25) is 4.79 Å². The molecule has 4 rings (SSSR count). The molecular formula is C28H29ClFN3O3S. The first-order chi connectivity index (χ1) is 17.8. The van der Waals surface area contributed by atoms with Gasteiger partial charge in [0.15, 0.2) is 18.1 Å². The van der Waals surface area contributed by atoms with Gasteiger partial charge in [0, 0.05) is 43.1 Å². The van der Waals surface area contributed by atoms with Crippen LogP contribution >= 0.6 is 23.8 Å². The summed E-state index contributed by atoms with van der Waals surface area (Å²) in [5.74, 6) is 0.182. The van der Waals surface area contributed by atoms with Crippen LogP contribution in [-0.4, -0.2) is 55.2 Å². The molecular weight excluding hydrogens is 513 g/mol.